The third-order valence-electron chi connectivity index (χ3n) is 6.91. The van der Waals surface area contributed by atoms with Crippen LogP contribution in [0.4, 0.5) is 0 Å². The fraction of sp³-hybridized carbons (Fsp3) is 0.714. The van der Waals surface area contributed by atoms with Crippen molar-refractivity contribution in [1.29, 1.82) is 0 Å². The lowest BCUT2D eigenvalue weighted by atomic mass is 9.83. The summed E-state index contributed by atoms with van der Waals surface area (Å²) >= 11 is 0. The number of morpholine rings is 2. The summed E-state index contributed by atoms with van der Waals surface area (Å²) in [7, 11) is 0. The fourth-order valence-corrected chi connectivity index (χ4v) is 4.56. The van der Waals surface area contributed by atoms with Gasteiger partial charge in [0.25, 0.3) is 0 Å². The van der Waals surface area contributed by atoms with Crippen LogP contribution >= 0.6 is 0 Å². The van der Waals surface area contributed by atoms with Crippen molar-refractivity contribution < 1.29 is 19.1 Å². The minimum Gasteiger partial charge on any atom is -0.379 e. The maximum Gasteiger partial charge on any atom is 0.162 e. The Balaban J connectivity index is 1.52. The SMILES string of the molecule is CC(C)(C)c1cc(C(=O)CCCCN2CCOCC2)cc(C(=O)CCCCN2CCOCC2)c1. The van der Waals surface area contributed by atoms with Gasteiger partial charge in [-0.3, -0.25) is 19.4 Å². The summed E-state index contributed by atoms with van der Waals surface area (Å²) in [5, 5.41) is 0. The number of benzene rings is 1. The monoisotopic (exact) mass is 472 g/mol. The zero-order valence-corrected chi connectivity index (χ0v) is 21.6. The molecule has 0 atom stereocenters. The standard InChI is InChI=1S/C28H44N2O4/c1-28(2,3)25-21-23(26(31)8-4-6-10-29-12-16-33-17-13-29)20-24(22-25)27(32)9-5-7-11-30-14-18-34-19-15-30/h20-22H,4-19H2,1-3H3. The molecule has 0 radical (unpaired) electrons. The van der Waals surface area contributed by atoms with Gasteiger partial charge in [-0.05, 0) is 68.0 Å². The van der Waals surface area contributed by atoms with Crippen molar-refractivity contribution in [2.75, 3.05) is 65.7 Å². The number of ketones is 2. The molecular formula is C28H44N2O4. The zero-order chi connectivity index (χ0) is 24.4. The minimum atomic E-state index is -0.113. The maximum absolute atomic E-state index is 13.0. The number of carbonyl (C=O) groups is 2. The van der Waals surface area contributed by atoms with E-state index >= 15 is 0 Å². The predicted octanol–water partition coefficient (Wildman–Crippen LogP) is 4.35. The van der Waals surface area contributed by atoms with Crippen molar-refractivity contribution in [3.8, 4) is 0 Å². The highest BCUT2D eigenvalue weighted by molar-refractivity contribution is 6.01. The summed E-state index contributed by atoms with van der Waals surface area (Å²) in [6.07, 6.45) is 4.84. The summed E-state index contributed by atoms with van der Waals surface area (Å²) in [4.78, 5) is 30.9. The smallest absolute Gasteiger partial charge is 0.162 e. The van der Waals surface area contributed by atoms with Crippen molar-refractivity contribution in [3.05, 3.63) is 34.9 Å². The molecule has 6 heteroatoms. The van der Waals surface area contributed by atoms with E-state index in [1.54, 1.807) is 0 Å². The van der Waals surface area contributed by atoms with Gasteiger partial charge in [0, 0.05) is 50.1 Å². The van der Waals surface area contributed by atoms with Crippen LogP contribution in [0.5, 0.6) is 0 Å². The summed E-state index contributed by atoms with van der Waals surface area (Å²) < 4.78 is 10.8. The molecule has 2 heterocycles. The molecule has 0 saturated carbocycles. The number of rotatable bonds is 12. The molecule has 2 saturated heterocycles. The normalized spacial score (nSPS) is 18.2. The number of unbranched alkanes of at least 4 members (excludes halogenated alkanes) is 2. The number of Topliss-reactive ketones (excluding diaryl/α,β-unsaturated/α-hetero) is 2. The number of hydrogen-bond acceptors (Lipinski definition) is 6. The van der Waals surface area contributed by atoms with Crippen LogP contribution in [-0.4, -0.2) is 87.1 Å². The second kappa shape index (κ2) is 13.5. The molecule has 1 aromatic carbocycles. The number of hydrogen-bond donors (Lipinski definition) is 0. The number of nitrogens with zero attached hydrogens (tertiary/aromatic N) is 2. The van der Waals surface area contributed by atoms with E-state index in [1.165, 1.54) is 0 Å². The molecule has 0 N–H and O–H groups in total. The molecule has 3 rings (SSSR count). The molecule has 190 valence electrons. The first-order valence-corrected chi connectivity index (χ1v) is 13.1. The highest BCUT2D eigenvalue weighted by Crippen LogP contribution is 2.26. The van der Waals surface area contributed by atoms with Gasteiger partial charge in [0.15, 0.2) is 11.6 Å². The van der Waals surface area contributed by atoms with E-state index in [1.807, 2.05) is 18.2 Å². The van der Waals surface area contributed by atoms with Crippen molar-refractivity contribution >= 4 is 11.6 Å². The highest BCUT2D eigenvalue weighted by atomic mass is 16.5. The van der Waals surface area contributed by atoms with Gasteiger partial charge in [0.1, 0.15) is 0 Å². The van der Waals surface area contributed by atoms with E-state index in [0.717, 1.165) is 96.9 Å². The Kier molecular flexibility index (Phi) is 10.7. The van der Waals surface area contributed by atoms with Crippen molar-refractivity contribution in [3.63, 3.8) is 0 Å². The Hall–Kier alpha value is -1.60. The topological polar surface area (TPSA) is 59.1 Å². The van der Waals surface area contributed by atoms with E-state index < -0.39 is 0 Å². The molecular weight excluding hydrogens is 428 g/mol. The minimum absolute atomic E-state index is 0.113. The average molecular weight is 473 g/mol. The van der Waals surface area contributed by atoms with Gasteiger partial charge < -0.3 is 9.47 Å². The molecule has 0 unspecified atom stereocenters. The van der Waals surface area contributed by atoms with Crippen molar-refractivity contribution in [2.24, 2.45) is 0 Å². The lowest BCUT2D eigenvalue weighted by Gasteiger charge is -2.26. The zero-order valence-electron chi connectivity index (χ0n) is 21.6. The molecule has 0 aromatic heterocycles. The molecule has 0 spiro atoms. The first-order valence-electron chi connectivity index (χ1n) is 13.1. The molecule has 2 aliphatic heterocycles. The van der Waals surface area contributed by atoms with E-state index in [9.17, 15) is 9.59 Å². The van der Waals surface area contributed by atoms with Gasteiger partial charge in [-0.1, -0.05) is 20.8 Å². The van der Waals surface area contributed by atoms with Crippen LogP contribution in [0.2, 0.25) is 0 Å². The average Bonchev–Trinajstić information content (AvgIpc) is 2.84. The van der Waals surface area contributed by atoms with Crippen LogP contribution in [-0.2, 0) is 14.9 Å². The van der Waals surface area contributed by atoms with Crippen LogP contribution in [0.25, 0.3) is 0 Å². The Bertz CT molecular complexity index is 734. The third-order valence-corrected chi connectivity index (χ3v) is 6.91. The van der Waals surface area contributed by atoms with Gasteiger partial charge in [0.05, 0.1) is 26.4 Å². The second-order valence-electron chi connectivity index (χ2n) is 10.7. The fourth-order valence-electron chi connectivity index (χ4n) is 4.56. The van der Waals surface area contributed by atoms with Crippen LogP contribution in [0.1, 0.15) is 85.6 Å². The molecule has 34 heavy (non-hydrogen) atoms. The van der Waals surface area contributed by atoms with Gasteiger partial charge >= 0.3 is 0 Å². The lowest BCUT2D eigenvalue weighted by Crippen LogP contribution is -2.36. The molecule has 0 amide bonds. The van der Waals surface area contributed by atoms with Gasteiger partial charge in [-0.15, -0.1) is 0 Å². The summed E-state index contributed by atoms with van der Waals surface area (Å²) in [6.45, 7) is 15.6. The molecule has 1 aromatic rings. The van der Waals surface area contributed by atoms with Gasteiger partial charge in [0.2, 0.25) is 0 Å². The van der Waals surface area contributed by atoms with E-state index in [2.05, 4.69) is 30.6 Å². The Labute approximate surface area is 206 Å². The molecule has 2 fully saturated rings. The Morgan fingerprint density at radius 3 is 1.50 bits per heavy atom. The maximum atomic E-state index is 13.0. The largest absolute Gasteiger partial charge is 0.379 e. The van der Waals surface area contributed by atoms with E-state index in [4.69, 9.17) is 9.47 Å². The van der Waals surface area contributed by atoms with Gasteiger partial charge in [-0.25, -0.2) is 0 Å². The van der Waals surface area contributed by atoms with Crippen LogP contribution in [0, 0.1) is 0 Å². The van der Waals surface area contributed by atoms with Crippen molar-refractivity contribution in [1.82, 2.24) is 9.80 Å². The molecule has 2 aliphatic rings. The molecule has 0 bridgehead atoms. The Morgan fingerprint density at radius 1 is 0.706 bits per heavy atom. The lowest BCUT2D eigenvalue weighted by molar-refractivity contribution is 0.0370. The summed E-state index contributed by atoms with van der Waals surface area (Å²) in [6, 6.07) is 5.84. The van der Waals surface area contributed by atoms with Crippen molar-refractivity contribution in [2.45, 2.75) is 64.7 Å². The predicted molar refractivity (Wildman–Crippen MR) is 136 cm³/mol. The third kappa shape index (κ3) is 8.88. The number of ether oxygens (including phenoxy) is 2. The van der Waals surface area contributed by atoms with Gasteiger partial charge in [-0.2, -0.15) is 0 Å². The highest BCUT2D eigenvalue weighted by Gasteiger charge is 2.20. The number of carbonyl (C=O) groups excluding carboxylic acids is 2. The molecule has 0 aliphatic carbocycles. The van der Waals surface area contributed by atoms with Crippen LogP contribution in [0.3, 0.4) is 0 Å². The summed E-state index contributed by atoms with van der Waals surface area (Å²) in [5.41, 5.74) is 2.33. The summed E-state index contributed by atoms with van der Waals surface area (Å²) in [5.74, 6) is 0.295. The molecule has 6 nitrogen and oxygen atoms in total. The van der Waals surface area contributed by atoms with E-state index in [-0.39, 0.29) is 17.0 Å². The first-order chi connectivity index (χ1) is 16.3. The Morgan fingerprint density at radius 2 is 1.12 bits per heavy atom. The quantitative estimate of drug-likeness (QED) is 0.333. The van der Waals surface area contributed by atoms with E-state index in [0.29, 0.717) is 24.0 Å². The first kappa shape index (κ1) is 27.0. The van der Waals surface area contributed by atoms with Crippen LogP contribution in [0.15, 0.2) is 18.2 Å². The second-order valence-corrected chi connectivity index (χ2v) is 10.7. The van der Waals surface area contributed by atoms with Crippen LogP contribution < -0.4 is 0 Å².